The fourth-order valence-corrected chi connectivity index (χ4v) is 4.61. The van der Waals surface area contributed by atoms with Crippen molar-refractivity contribution in [2.75, 3.05) is 24.2 Å². The summed E-state index contributed by atoms with van der Waals surface area (Å²) in [5.74, 6) is 0.211. The van der Waals surface area contributed by atoms with Crippen LogP contribution in [0, 0.1) is 5.82 Å². The standard InChI is InChI=1S/C22H33FN4O3Si/c1-21(2,3)30-20(29)26-12-10-22(11-13-26)18(24-15-31(4,5)6)25-19(28)27(22)17-9-7-8-16(23)14-17/h7-9,14H,10-13,15H2,1-6H3,(H,24,25,28). The zero-order valence-corrected chi connectivity index (χ0v) is 20.3. The van der Waals surface area contributed by atoms with E-state index in [1.807, 2.05) is 20.8 Å². The number of carbonyl (C=O) groups excluding carboxylic acids is 2. The summed E-state index contributed by atoms with van der Waals surface area (Å²) >= 11 is 0. The lowest BCUT2D eigenvalue weighted by Gasteiger charge is -2.45. The van der Waals surface area contributed by atoms with Crippen molar-refractivity contribution in [3.63, 3.8) is 0 Å². The van der Waals surface area contributed by atoms with Crippen molar-refractivity contribution >= 4 is 31.7 Å². The number of hydrogen-bond donors (Lipinski definition) is 1. The van der Waals surface area contributed by atoms with E-state index in [9.17, 15) is 14.0 Å². The van der Waals surface area contributed by atoms with Crippen LogP contribution in [0.4, 0.5) is 19.7 Å². The van der Waals surface area contributed by atoms with Crippen LogP contribution in [0.1, 0.15) is 33.6 Å². The topological polar surface area (TPSA) is 74.2 Å². The van der Waals surface area contributed by atoms with Crippen LogP contribution in [-0.2, 0) is 4.74 Å². The highest BCUT2D eigenvalue weighted by molar-refractivity contribution is 6.76. The highest BCUT2D eigenvalue weighted by atomic mass is 28.3. The lowest BCUT2D eigenvalue weighted by molar-refractivity contribution is 0.0192. The van der Waals surface area contributed by atoms with Crippen molar-refractivity contribution < 1.29 is 18.7 Å². The lowest BCUT2D eigenvalue weighted by Crippen LogP contribution is -2.62. The van der Waals surface area contributed by atoms with Crippen molar-refractivity contribution in [2.45, 2.75) is 64.4 Å². The Kier molecular flexibility index (Phi) is 6.19. The zero-order chi connectivity index (χ0) is 23.0. The molecule has 7 nitrogen and oxygen atoms in total. The van der Waals surface area contributed by atoms with Gasteiger partial charge in [0.05, 0.1) is 8.07 Å². The molecule has 2 aliphatic heterocycles. The average Bonchev–Trinajstić information content (AvgIpc) is 2.89. The molecule has 1 aromatic rings. The van der Waals surface area contributed by atoms with Gasteiger partial charge in [0.1, 0.15) is 22.8 Å². The Balaban J connectivity index is 1.88. The minimum absolute atomic E-state index is 0.363. The average molecular weight is 449 g/mol. The molecule has 31 heavy (non-hydrogen) atoms. The maximum absolute atomic E-state index is 14.0. The Morgan fingerprint density at radius 1 is 1.26 bits per heavy atom. The van der Waals surface area contributed by atoms with Crippen LogP contribution in [0.25, 0.3) is 0 Å². The van der Waals surface area contributed by atoms with Gasteiger partial charge < -0.3 is 15.0 Å². The largest absolute Gasteiger partial charge is 0.444 e. The van der Waals surface area contributed by atoms with Crippen LogP contribution in [0.5, 0.6) is 0 Å². The highest BCUT2D eigenvalue weighted by Crippen LogP contribution is 2.39. The highest BCUT2D eigenvalue weighted by Gasteiger charge is 2.52. The van der Waals surface area contributed by atoms with Crippen LogP contribution in [0.15, 0.2) is 29.3 Å². The number of aliphatic imine (C=N–C) groups is 1. The number of nitrogens with one attached hydrogen (secondary N) is 1. The maximum Gasteiger partial charge on any atom is 0.410 e. The number of benzene rings is 1. The summed E-state index contributed by atoms with van der Waals surface area (Å²) in [5.41, 5.74) is -0.832. The fourth-order valence-electron chi connectivity index (χ4n) is 3.91. The normalized spacial score (nSPS) is 18.9. The van der Waals surface area contributed by atoms with E-state index in [4.69, 9.17) is 4.74 Å². The fraction of sp³-hybridized carbons (Fsp3) is 0.591. The number of ether oxygens (including phenoxy) is 1. The van der Waals surface area contributed by atoms with E-state index in [0.29, 0.717) is 37.5 Å². The molecule has 9 heteroatoms. The van der Waals surface area contributed by atoms with Gasteiger partial charge >= 0.3 is 12.1 Å². The first-order valence-electron chi connectivity index (χ1n) is 10.7. The quantitative estimate of drug-likeness (QED) is 0.696. The molecule has 0 bridgehead atoms. The van der Waals surface area contributed by atoms with Crippen LogP contribution >= 0.6 is 0 Å². The molecular weight excluding hydrogens is 415 g/mol. The van der Waals surface area contributed by atoms with E-state index in [1.54, 1.807) is 21.9 Å². The second-order valence-electron chi connectivity index (χ2n) is 10.5. The number of hydrogen-bond acceptors (Lipinski definition) is 4. The minimum atomic E-state index is -1.46. The number of amides is 3. The summed E-state index contributed by atoms with van der Waals surface area (Å²) in [4.78, 5) is 33.1. The van der Waals surface area contributed by atoms with E-state index in [1.165, 1.54) is 12.1 Å². The predicted octanol–water partition coefficient (Wildman–Crippen LogP) is 4.40. The van der Waals surface area contributed by atoms with E-state index < -0.39 is 31.1 Å². The second-order valence-corrected chi connectivity index (χ2v) is 15.9. The summed E-state index contributed by atoms with van der Waals surface area (Å²) in [6.07, 6.45) is 1.39. The molecule has 3 amide bonds. The van der Waals surface area contributed by atoms with E-state index in [0.717, 1.165) is 6.17 Å². The molecule has 3 rings (SSSR count). The van der Waals surface area contributed by atoms with Gasteiger partial charge in [-0.3, -0.25) is 4.90 Å². The molecule has 2 aliphatic rings. The van der Waals surface area contributed by atoms with Crippen molar-refractivity contribution in [3.05, 3.63) is 30.1 Å². The molecule has 0 radical (unpaired) electrons. The molecule has 0 aliphatic carbocycles. The van der Waals surface area contributed by atoms with Gasteiger partial charge in [0.15, 0.2) is 0 Å². The summed E-state index contributed by atoms with van der Waals surface area (Å²) in [7, 11) is -1.46. The number of amidine groups is 1. The zero-order valence-electron chi connectivity index (χ0n) is 19.3. The number of nitrogens with zero attached hydrogens (tertiary/aromatic N) is 3. The molecular formula is C22H33FN4O3Si. The van der Waals surface area contributed by atoms with Gasteiger partial charge in [-0.2, -0.15) is 4.99 Å². The SMILES string of the molecule is CC(C)(C)OC(=O)N1CCC2(CC1)C(NC[Si](C)(C)C)=NC(=O)N2c1cccc(F)c1. The first kappa shape index (κ1) is 23.2. The van der Waals surface area contributed by atoms with E-state index in [-0.39, 0.29) is 6.09 Å². The molecule has 1 fully saturated rings. The summed E-state index contributed by atoms with van der Waals surface area (Å²) in [6.45, 7) is 13.1. The van der Waals surface area contributed by atoms with Crippen molar-refractivity contribution in [1.82, 2.24) is 10.2 Å². The van der Waals surface area contributed by atoms with Gasteiger partial charge in [-0.15, -0.1) is 0 Å². The molecule has 1 saturated heterocycles. The van der Waals surface area contributed by atoms with Crippen LogP contribution in [0.2, 0.25) is 19.6 Å². The van der Waals surface area contributed by atoms with Crippen LogP contribution < -0.4 is 10.2 Å². The number of likely N-dealkylation sites (tertiary alicyclic amines) is 1. The molecule has 1 aromatic carbocycles. The Morgan fingerprint density at radius 2 is 1.90 bits per heavy atom. The van der Waals surface area contributed by atoms with Gasteiger partial charge in [-0.05, 0) is 51.8 Å². The summed E-state index contributed by atoms with van der Waals surface area (Å²) < 4.78 is 19.5. The molecule has 0 unspecified atom stereocenters. The third kappa shape index (κ3) is 5.26. The number of piperidine rings is 1. The molecule has 1 N–H and O–H groups in total. The Bertz CT molecular complexity index is 883. The van der Waals surface area contributed by atoms with Gasteiger partial charge in [-0.25, -0.2) is 14.0 Å². The number of halogens is 1. The maximum atomic E-state index is 14.0. The van der Waals surface area contributed by atoms with E-state index >= 15 is 0 Å². The number of carbonyl (C=O) groups is 2. The lowest BCUT2D eigenvalue weighted by atomic mass is 9.84. The first-order chi connectivity index (χ1) is 14.3. The molecule has 2 heterocycles. The van der Waals surface area contributed by atoms with Gasteiger partial charge in [0.25, 0.3) is 0 Å². The van der Waals surface area contributed by atoms with Crippen LogP contribution in [0.3, 0.4) is 0 Å². The van der Waals surface area contributed by atoms with Crippen molar-refractivity contribution in [2.24, 2.45) is 4.99 Å². The summed E-state index contributed by atoms with van der Waals surface area (Å²) in [5, 5.41) is 3.43. The predicted molar refractivity (Wildman–Crippen MR) is 123 cm³/mol. The smallest absolute Gasteiger partial charge is 0.410 e. The molecule has 1 spiro atoms. The number of urea groups is 1. The second kappa shape index (κ2) is 8.25. The van der Waals surface area contributed by atoms with Gasteiger partial charge in [0, 0.05) is 24.9 Å². The number of rotatable bonds is 3. The Morgan fingerprint density at radius 3 is 2.45 bits per heavy atom. The number of anilines is 1. The monoisotopic (exact) mass is 448 g/mol. The Labute approximate surface area is 184 Å². The van der Waals surface area contributed by atoms with Gasteiger partial charge in [0.2, 0.25) is 0 Å². The molecule has 170 valence electrons. The first-order valence-corrected chi connectivity index (χ1v) is 14.4. The van der Waals surface area contributed by atoms with Gasteiger partial charge in [-0.1, -0.05) is 25.7 Å². The van der Waals surface area contributed by atoms with E-state index in [2.05, 4.69) is 30.0 Å². The molecule has 0 atom stereocenters. The summed E-state index contributed by atoms with van der Waals surface area (Å²) in [6, 6.07) is 5.62. The Hall–Kier alpha value is -2.42. The third-order valence-corrected chi connectivity index (χ3v) is 6.60. The molecule has 0 aromatic heterocycles. The molecule has 0 saturated carbocycles. The van der Waals surface area contributed by atoms with Crippen LogP contribution in [-0.4, -0.2) is 61.3 Å². The van der Waals surface area contributed by atoms with Crippen molar-refractivity contribution in [1.29, 1.82) is 0 Å². The van der Waals surface area contributed by atoms with Crippen molar-refractivity contribution in [3.8, 4) is 0 Å². The minimum Gasteiger partial charge on any atom is -0.444 e. The third-order valence-electron chi connectivity index (χ3n) is 5.36.